The molecule has 1 N–H and O–H groups in total. The minimum absolute atomic E-state index is 0.288. The predicted molar refractivity (Wildman–Crippen MR) is 62.7 cm³/mol. The van der Waals surface area contributed by atoms with Crippen LogP contribution in [0, 0.1) is 17.8 Å². The van der Waals surface area contributed by atoms with Crippen LogP contribution in [0.2, 0.25) is 0 Å². The Morgan fingerprint density at radius 2 is 1.76 bits per heavy atom. The fraction of sp³-hybridized carbons (Fsp3) is 0.769. The number of carboxylic acids is 1. The second-order valence-electron chi connectivity index (χ2n) is 4.98. The van der Waals surface area contributed by atoms with Gasteiger partial charge in [0.1, 0.15) is 0 Å². The highest BCUT2D eigenvalue weighted by Crippen LogP contribution is 2.34. The zero-order chi connectivity index (χ0) is 12.3. The number of hydrogen-bond donors (Lipinski definition) is 1. The number of aliphatic carboxylic acids is 1. The summed E-state index contributed by atoms with van der Waals surface area (Å²) in [6.07, 6.45) is 3.98. The Balaban J connectivity index is 2.10. The fourth-order valence-electron chi connectivity index (χ4n) is 2.73. The summed E-state index contributed by atoms with van der Waals surface area (Å²) in [6.45, 7) is 4.78. The van der Waals surface area contributed by atoms with Crippen molar-refractivity contribution < 1.29 is 19.4 Å². The van der Waals surface area contributed by atoms with Crippen molar-refractivity contribution in [2.24, 2.45) is 17.8 Å². The molecule has 2 aliphatic rings. The Labute approximate surface area is 102 Å². The molecule has 96 valence electrons. The molecular formula is C13H20O4. The molecule has 2 heterocycles. The third kappa shape index (κ3) is 3.07. The smallest absolute Gasteiger partial charge is 0.330 e. The van der Waals surface area contributed by atoms with Crippen LogP contribution < -0.4 is 0 Å². The largest absolute Gasteiger partial charge is 0.478 e. The number of hydrogen-bond acceptors (Lipinski definition) is 3. The predicted octanol–water partition coefficient (Wildman–Crippen LogP) is 1.71. The van der Waals surface area contributed by atoms with E-state index in [4.69, 9.17) is 14.6 Å². The van der Waals surface area contributed by atoms with Gasteiger partial charge in [-0.15, -0.1) is 0 Å². The minimum Gasteiger partial charge on any atom is -0.478 e. The van der Waals surface area contributed by atoms with Crippen molar-refractivity contribution >= 4 is 5.97 Å². The molecule has 0 aromatic carbocycles. The normalized spacial score (nSPS) is 31.7. The molecule has 4 heteroatoms. The Hall–Kier alpha value is -0.870. The van der Waals surface area contributed by atoms with Crippen LogP contribution in [0.25, 0.3) is 0 Å². The lowest BCUT2D eigenvalue weighted by Crippen LogP contribution is -2.23. The van der Waals surface area contributed by atoms with Crippen molar-refractivity contribution in [2.75, 3.05) is 26.4 Å². The molecule has 2 fully saturated rings. The van der Waals surface area contributed by atoms with Gasteiger partial charge in [-0.25, -0.2) is 4.79 Å². The lowest BCUT2D eigenvalue weighted by molar-refractivity contribution is -0.132. The van der Waals surface area contributed by atoms with Crippen molar-refractivity contribution in [1.29, 1.82) is 0 Å². The summed E-state index contributed by atoms with van der Waals surface area (Å²) in [6, 6.07) is 0. The van der Waals surface area contributed by atoms with Gasteiger partial charge in [0.15, 0.2) is 0 Å². The van der Waals surface area contributed by atoms with Gasteiger partial charge in [-0.3, -0.25) is 0 Å². The number of ether oxygens (including phenoxy) is 2. The van der Waals surface area contributed by atoms with Gasteiger partial charge in [-0.05, 0) is 37.5 Å². The molecule has 0 saturated carbocycles. The number of carbonyl (C=O) groups is 1. The van der Waals surface area contributed by atoms with Crippen LogP contribution in [0.1, 0.15) is 19.8 Å². The van der Waals surface area contributed by atoms with Crippen LogP contribution in [-0.4, -0.2) is 37.5 Å². The summed E-state index contributed by atoms with van der Waals surface area (Å²) in [5, 5.41) is 8.99. The summed E-state index contributed by atoms with van der Waals surface area (Å²) in [4.78, 5) is 10.9. The molecule has 2 atom stereocenters. The van der Waals surface area contributed by atoms with E-state index >= 15 is 0 Å². The third-order valence-corrected chi connectivity index (χ3v) is 3.80. The topological polar surface area (TPSA) is 55.8 Å². The van der Waals surface area contributed by atoms with Gasteiger partial charge < -0.3 is 14.6 Å². The average molecular weight is 240 g/mol. The van der Waals surface area contributed by atoms with Crippen LogP contribution in [0.4, 0.5) is 0 Å². The molecule has 4 nitrogen and oxygen atoms in total. The molecule has 2 unspecified atom stereocenters. The molecule has 0 aromatic heterocycles. The van der Waals surface area contributed by atoms with Crippen LogP contribution >= 0.6 is 0 Å². The van der Waals surface area contributed by atoms with E-state index in [0.29, 0.717) is 17.4 Å². The summed E-state index contributed by atoms with van der Waals surface area (Å²) in [7, 11) is 0. The SMILES string of the molecule is C/C(=C\C(C1CCOC1)C1CCOC1)C(=O)O. The molecule has 2 aliphatic heterocycles. The minimum atomic E-state index is -0.826. The molecule has 0 aromatic rings. The molecule has 17 heavy (non-hydrogen) atoms. The van der Waals surface area contributed by atoms with E-state index < -0.39 is 5.97 Å². The molecule has 0 spiro atoms. The first-order chi connectivity index (χ1) is 8.18. The number of allylic oxidation sites excluding steroid dienone is 1. The summed E-state index contributed by atoms with van der Waals surface area (Å²) in [5.74, 6) is 0.371. The van der Waals surface area contributed by atoms with Crippen LogP contribution in [-0.2, 0) is 14.3 Å². The van der Waals surface area contributed by atoms with E-state index in [0.717, 1.165) is 39.3 Å². The monoisotopic (exact) mass is 240 g/mol. The first-order valence-corrected chi connectivity index (χ1v) is 6.25. The Bertz CT molecular complexity index is 283. The van der Waals surface area contributed by atoms with E-state index in [1.54, 1.807) is 6.92 Å². The van der Waals surface area contributed by atoms with E-state index in [9.17, 15) is 4.79 Å². The first kappa shape index (κ1) is 12.6. The van der Waals surface area contributed by atoms with Crippen LogP contribution in [0.5, 0.6) is 0 Å². The second kappa shape index (κ2) is 5.65. The maximum absolute atomic E-state index is 10.9. The quantitative estimate of drug-likeness (QED) is 0.760. The summed E-state index contributed by atoms with van der Waals surface area (Å²) < 4.78 is 10.8. The van der Waals surface area contributed by atoms with E-state index in [1.165, 1.54) is 0 Å². The van der Waals surface area contributed by atoms with Crippen molar-refractivity contribution in [1.82, 2.24) is 0 Å². The fourth-order valence-corrected chi connectivity index (χ4v) is 2.73. The van der Waals surface area contributed by atoms with E-state index in [-0.39, 0.29) is 5.92 Å². The molecule has 2 rings (SSSR count). The van der Waals surface area contributed by atoms with Gasteiger partial charge in [0.05, 0.1) is 13.2 Å². The van der Waals surface area contributed by atoms with Gasteiger partial charge in [-0.1, -0.05) is 6.08 Å². The van der Waals surface area contributed by atoms with Gasteiger partial charge in [-0.2, -0.15) is 0 Å². The zero-order valence-corrected chi connectivity index (χ0v) is 10.2. The molecule has 2 saturated heterocycles. The molecule has 0 aliphatic carbocycles. The zero-order valence-electron chi connectivity index (χ0n) is 10.2. The summed E-state index contributed by atoms with van der Waals surface area (Å²) in [5.41, 5.74) is 0.439. The maximum atomic E-state index is 10.9. The highest BCUT2D eigenvalue weighted by atomic mass is 16.5. The lowest BCUT2D eigenvalue weighted by Gasteiger charge is -2.24. The standard InChI is InChI=1S/C13H20O4/c1-9(13(14)15)6-12(10-2-4-16-7-10)11-3-5-17-8-11/h6,10-12H,2-5,7-8H2,1H3,(H,14,15)/b9-6+. The molecule has 0 bridgehead atoms. The average Bonchev–Trinajstić information content (AvgIpc) is 2.98. The van der Waals surface area contributed by atoms with Crippen LogP contribution in [0.15, 0.2) is 11.6 Å². The molecular weight excluding hydrogens is 220 g/mol. The van der Waals surface area contributed by atoms with Crippen molar-refractivity contribution in [3.8, 4) is 0 Å². The van der Waals surface area contributed by atoms with E-state index in [2.05, 4.69) is 0 Å². The molecule has 0 radical (unpaired) electrons. The van der Waals surface area contributed by atoms with Gasteiger partial charge in [0.25, 0.3) is 0 Å². The highest BCUT2D eigenvalue weighted by molar-refractivity contribution is 5.85. The Morgan fingerprint density at radius 1 is 1.24 bits per heavy atom. The van der Waals surface area contributed by atoms with Gasteiger partial charge in [0, 0.05) is 18.8 Å². The van der Waals surface area contributed by atoms with Crippen LogP contribution in [0.3, 0.4) is 0 Å². The third-order valence-electron chi connectivity index (χ3n) is 3.80. The number of rotatable bonds is 4. The van der Waals surface area contributed by atoms with Crippen molar-refractivity contribution in [2.45, 2.75) is 19.8 Å². The van der Waals surface area contributed by atoms with Crippen molar-refractivity contribution in [3.63, 3.8) is 0 Å². The summed E-state index contributed by atoms with van der Waals surface area (Å²) >= 11 is 0. The lowest BCUT2D eigenvalue weighted by atomic mass is 9.79. The van der Waals surface area contributed by atoms with Crippen molar-refractivity contribution in [3.05, 3.63) is 11.6 Å². The maximum Gasteiger partial charge on any atom is 0.330 e. The second-order valence-corrected chi connectivity index (χ2v) is 4.98. The molecule has 0 amide bonds. The van der Waals surface area contributed by atoms with Gasteiger partial charge >= 0.3 is 5.97 Å². The Morgan fingerprint density at radius 3 is 2.12 bits per heavy atom. The van der Waals surface area contributed by atoms with E-state index in [1.807, 2.05) is 6.08 Å². The highest BCUT2D eigenvalue weighted by Gasteiger charge is 2.33. The Kier molecular flexibility index (Phi) is 4.18. The van der Waals surface area contributed by atoms with Gasteiger partial charge in [0.2, 0.25) is 0 Å². The number of carboxylic acid groups (broad SMARTS) is 1. The first-order valence-electron chi connectivity index (χ1n) is 6.25.